The van der Waals surface area contributed by atoms with E-state index in [4.69, 9.17) is 4.74 Å². The maximum Gasteiger partial charge on any atom is 0.119 e. The standard InChI is InChI=1S/C24H27N5O/c1-4-29-16(2)18(14-26-29)15-28-11-9-20-21-12-19(30-3)7-8-22(21)27-23(20)24(28)17-6-5-10-25-13-17/h5-8,10,12-14,24,27H,4,9,11,15H2,1-3H3/t24-/m0/s1. The van der Waals surface area contributed by atoms with Crippen LogP contribution in [0.1, 0.15) is 41.0 Å². The first-order valence-electron chi connectivity index (χ1n) is 10.5. The average molecular weight is 402 g/mol. The first-order chi connectivity index (χ1) is 14.7. The molecule has 1 atom stereocenters. The third-order valence-corrected chi connectivity index (χ3v) is 6.31. The van der Waals surface area contributed by atoms with Crippen LogP contribution in [0, 0.1) is 6.92 Å². The fourth-order valence-electron chi connectivity index (χ4n) is 4.71. The third kappa shape index (κ3) is 3.08. The Hall–Kier alpha value is -3.12. The highest BCUT2D eigenvalue weighted by molar-refractivity contribution is 5.86. The maximum absolute atomic E-state index is 5.48. The number of nitrogens with zero attached hydrogens (tertiary/aromatic N) is 4. The molecule has 0 bridgehead atoms. The molecular weight excluding hydrogens is 374 g/mol. The van der Waals surface area contributed by atoms with E-state index in [9.17, 15) is 0 Å². The van der Waals surface area contributed by atoms with E-state index in [0.29, 0.717) is 0 Å². The molecule has 0 amide bonds. The van der Waals surface area contributed by atoms with Gasteiger partial charge in [-0.1, -0.05) is 6.07 Å². The molecule has 4 heterocycles. The highest BCUT2D eigenvalue weighted by Crippen LogP contribution is 2.39. The van der Waals surface area contributed by atoms with Crippen LogP contribution in [0.15, 0.2) is 48.9 Å². The van der Waals surface area contributed by atoms with Crippen molar-refractivity contribution in [3.05, 3.63) is 77.0 Å². The van der Waals surface area contributed by atoms with Gasteiger partial charge in [0, 0.05) is 59.9 Å². The van der Waals surface area contributed by atoms with Crippen LogP contribution < -0.4 is 4.74 Å². The Morgan fingerprint density at radius 1 is 1.23 bits per heavy atom. The minimum atomic E-state index is 0.130. The van der Waals surface area contributed by atoms with Gasteiger partial charge in [-0.2, -0.15) is 5.10 Å². The summed E-state index contributed by atoms with van der Waals surface area (Å²) in [5.74, 6) is 0.896. The van der Waals surface area contributed by atoms with Gasteiger partial charge in [-0.25, -0.2) is 0 Å². The van der Waals surface area contributed by atoms with Crippen LogP contribution in [0.25, 0.3) is 10.9 Å². The van der Waals surface area contributed by atoms with Crippen LogP contribution in [-0.2, 0) is 19.5 Å². The van der Waals surface area contributed by atoms with Crippen LogP contribution >= 0.6 is 0 Å². The van der Waals surface area contributed by atoms with Crippen molar-refractivity contribution < 1.29 is 4.74 Å². The number of nitrogens with one attached hydrogen (secondary N) is 1. The molecule has 5 rings (SSSR count). The van der Waals surface area contributed by atoms with Gasteiger partial charge in [-0.3, -0.25) is 14.6 Å². The summed E-state index contributed by atoms with van der Waals surface area (Å²) in [5, 5.41) is 5.81. The first kappa shape index (κ1) is 18.9. The zero-order valence-electron chi connectivity index (χ0n) is 17.7. The summed E-state index contributed by atoms with van der Waals surface area (Å²) in [5.41, 5.74) is 7.54. The van der Waals surface area contributed by atoms with Crippen molar-refractivity contribution in [2.24, 2.45) is 0 Å². The zero-order chi connectivity index (χ0) is 20.7. The van der Waals surface area contributed by atoms with Crippen molar-refractivity contribution in [1.82, 2.24) is 24.6 Å². The molecule has 0 saturated carbocycles. The molecule has 0 fully saturated rings. The van der Waals surface area contributed by atoms with Crippen LogP contribution in [-0.4, -0.2) is 38.3 Å². The van der Waals surface area contributed by atoms with E-state index in [2.05, 4.69) is 56.7 Å². The van der Waals surface area contributed by atoms with Crippen molar-refractivity contribution in [1.29, 1.82) is 0 Å². The number of fused-ring (bicyclic) bond motifs is 3. The normalized spacial score (nSPS) is 16.7. The number of aromatic amines is 1. The molecule has 1 aliphatic rings. The largest absolute Gasteiger partial charge is 0.497 e. The summed E-state index contributed by atoms with van der Waals surface area (Å²) in [7, 11) is 1.72. The van der Waals surface area contributed by atoms with E-state index in [0.717, 1.165) is 37.3 Å². The minimum Gasteiger partial charge on any atom is -0.497 e. The fourth-order valence-corrected chi connectivity index (χ4v) is 4.71. The van der Waals surface area contributed by atoms with Gasteiger partial charge in [0.05, 0.1) is 19.3 Å². The van der Waals surface area contributed by atoms with Gasteiger partial charge in [0.2, 0.25) is 0 Å². The zero-order valence-corrected chi connectivity index (χ0v) is 17.7. The highest BCUT2D eigenvalue weighted by Gasteiger charge is 2.32. The second kappa shape index (κ2) is 7.61. The molecule has 0 saturated heterocycles. The van der Waals surface area contributed by atoms with Crippen molar-refractivity contribution in [3.63, 3.8) is 0 Å². The van der Waals surface area contributed by atoms with Crippen LogP contribution in [0.4, 0.5) is 0 Å². The number of ether oxygens (including phenoxy) is 1. The topological polar surface area (TPSA) is 59.0 Å². The molecule has 0 radical (unpaired) electrons. The molecular formula is C24H27N5O. The SMILES string of the molecule is CCn1ncc(CN2CCc3c([nH]c4ccc(OC)cc34)[C@@H]2c2cccnc2)c1C. The maximum atomic E-state index is 5.48. The minimum absolute atomic E-state index is 0.130. The number of rotatable bonds is 5. The molecule has 1 N–H and O–H groups in total. The van der Waals surface area contributed by atoms with Gasteiger partial charge in [0.15, 0.2) is 0 Å². The number of benzene rings is 1. The van der Waals surface area contributed by atoms with Gasteiger partial charge in [0.1, 0.15) is 5.75 Å². The van der Waals surface area contributed by atoms with Crippen molar-refractivity contribution in [2.75, 3.05) is 13.7 Å². The lowest BCUT2D eigenvalue weighted by atomic mass is 9.92. The van der Waals surface area contributed by atoms with Gasteiger partial charge in [-0.15, -0.1) is 0 Å². The number of H-pyrrole nitrogens is 1. The Balaban J connectivity index is 1.60. The molecule has 154 valence electrons. The van der Waals surface area contributed by atoms with E-state index in [1.807, 2.05) is 30.7 Å². The van der Waals surface area contributed by atoms with E-state index in [1.165, 1.54) is 33.5 Å². The van der Waals surface area contributed by atoms with Gasteiger partial charge >= 0.3 is 0 Å². The predicted molar refractivity (Wildman–Crippen MR) is 118 cm³/mol. The predicted octanol–water partition coefficient (Wildman–Crippen LogP) is 4.24. The quantitative estimate of drug-likeness (QED) is 0.543. The molecule has 3 aromatic heterocycles. The van der Waals surface area contributed by atoms with Gasteiger partial charge in [0.25, 0.3) is 0 Å². The average Bonchev–Trinajstić information content (AvgIpc) is 3.33. The molecule has 0 aliphatic carbocycles. The van der Waals surface area contributed by atoms with Crippen molar-refractivity contribution >= 4 is 10.9 Å². The summed E-state index contributed by atoms with van der Waals surface area (Å²) in [4.78, 5) is 10.7. The summed E-state index contributed by atoms with van der Waals surface area (Å²) in [6, 6.07) is 10.6. The molecule has 6 nitrogen and oxygen atoms in total. The monoisotopic (exact) mass is 401 g/mol. The molecule has 30 heavy (non-hydrogen) atoms. The number of aromatic nitrogens is 4. The Kier molecular flexibility index (Phi) is 4.79. The summed E-state index contributed by atoms with van der Waals surface area (Å²) >= 11 is 0. The smallest absolute Gasteiger partial charge is 0.119 e. The van der Waals surface area contributed by atoms with Crippen LogP contribution in [0.2, 0.25) is 0 Å². The van der Waals surface area contributed by atoms with Crippen molar-refractivity contribution in [2.45, 2.75) is 39.4 Å². The number of hydrogen-bond donors (Lipinski definition) is 1. The second-order valence-electron chi connectivity index (χ2n) is 7.91. The summed E-state index contributed by atoms with van der Waals surface area (Å²) in [6.45, 7) is 7.03. The van der Waals surface area contributed by atoms with Crippen LogP contribution in [0.3, 0.4) is 0 Å². The molecule has 1 aliphatic heterocycles. The lowest BCUT2D eigenvalue weighted by Gasteiger charge is -2.36. The van der Waals surface area contributed by atoms with Gasteiger partial charge in [-0.05, 0) is 55.7 Å². The number of aryl methyl sites for hydroxylation is 1. The fraction of sp³-hybridized carbons (Fsp3) is 0.333. The van der Waals surface area contributed by atoms with E-state index >= 15 is 0 Å². The number of hydrogen-bond acceptors (Lipinski definition) is 4. The first-order valence-corrected chi connectivity index (χ1v) is 10.5. The second-order valence-corrected chi connectivity index (χ2v) is 7.91. The molecule has 0 unspecified atom stereocenters. The molecule has 0 spiro atoms. The highest BCUT2D eigenvalue weighted by atomic mass is 16.5. The van der Waals surface area contributed by atoms with Gasteiger partial charge < -0.3 is 9.72 Å². The number of methoxy groups -OCH3 is 1. The summed E-state index contributed by atoms with van der Waals surface area (Å²) < 4.78 is 7.55. The van der Waals surface area contributed by atoms with E-state index in [-0.39, 0.29) is 6.04 Å². The molecule has 1 aromatic carbocycles. The van der Waals surface area contributed by atoms with Crippen LogP contribution in [0.5, 0.6) is 5.75 Å². The Labute approximate surface area is 176 Å². The summed E-state index contributed by atoms with van der Waals surface area (Å²) in [6.07, 6.45) is 6.84. The third-order valence-electron chi connectivity index (χ3n) is 6.31. The Morgan fingerprint density at radius 3 is 2.87 bits per heavy atom. The Bertz CT molecular complexity index is 1180. The number of pyridine rings is 1. The molecule has 4 aromatic rings. The lowest BCUT2D eigenvalue weighted by molar-refractivity contribution is 0.201. The Morgan fingerprint density at radius 2 is 2.13 bits per heavy atom. The lowest BCUT2D eigenvalue weighted by Crippen LogP contribution is -2.35. The molecule has 6 heteroatoms. The van der Waals surface area contributed by atoms with E-state index in [1.54, 1.807) is 7.11 Å². The van der Waals surface area contributed by atoms with Crippen molar-refractivity contribution in [3.8, 4) is 5.75 Å². The van der Waals surface area contributed by atoms with E-state index < -0.39 is 0 Å².